The van der Waals surface area contributed by atoms with Gasteiger partial charge in [-0.05, 0) is 72.3 Å². The zero-order chi connectivity index (χ0) is 23.7. The van der Waals surface area contributed by atoms with Crippen LogP contribution in [0.5, 0.6) is 11.5 Å². The quantitative estimate of drug-likeness (QED) is 0.337. The Hall–Kier alpha value is -4.59. The number of nitrogens with zero attached hydrogens (tertiary/aromatic N) is 3. The first-order valence-corrected chi connectivity index (χ1v) is 10.4. The van der Waals surface area contributed by atoms with Crippen LogP contribution in [0, 0.1) is 11.6 Å². The largest absolute Gasteiger partial charge is 0.452 e. The van der Waals surface area contributed by atoms with Gasteiger partial charge in [-0.15, -0.1) is 0 Å². The molecule has 2 aromatic carbocycles. The van der Waals surface area contributed by atoms with E-state index in [1.54, 1.807) is 47.2 Å². The number of Topliss-reactive ketones (excluding diaryl/α,β-unsaturated/α-hetero) is 1. The van der Waals surface area contributed by atoms with E-state index in [1.165, 1.54) is 53.2 Å². The maximum absolute atomic E-state index is 14.8. The molecule has 0 aliphatic carbocycles. The molecule has 0 unspecified atom stereocenters. The minimum Gasteiger partial charge on any atom is -0.452 e. The monoisotopic (exact) mass is 457 g/mol. The third-order valence-electron chi connectivity index (χ3n) is 5.33. The Morgan fingerprint density at radius 1 is 0.912 bits per heavy atom. The Kier molecular flexibility index (Phi) is 5.47. The molecule has 0 spiro atoms. The van der Waals surface area contributed by atoms with E-state index in [0.717, 1.165) is 0 Å². The summed E-state index contributed by atoms with van der Waals surface area (Å²) >= 11 is 0. The molecule has 5 aromatic rings. The first-order valence-electron chi connectivity index (χ1n) is 10.4. The van der Waals surface area contributed by atoms with Gasteiger partial charge >= 0.3 is 0 Å². The number of ether oxygens (including phenoxy) is 1. The third-order valence-corrected chi connectivity index (χ3v) is 5.33. The number of fused-ring (bicyclic) bond motifs is 1. The average Bonchev–Trinajstić information content (AvgIpc) is 3.31. The van der Waals surface area contributed by atoms with Gasteiger partial charge in [-0.25, -0.2) is 13.3 Å². The number of aromatic nitrogens is 3. The Morgan fingerprint density at radius 3 is 2.50 bits per heavy atom. The van der Waals surface area contributed by atoms with Gasteiger partial charge < -0.3 is 4.74 Å². The van der Waals surface area contributed by atoms with Crippen LogP contribution in [0.3, 0.4) is 0 Å². The topological polar surface area (TPSA) is 65.6 Å². The summed E-state index contributed by atoms with van der Waals surface area (Å²) in [6, 6.07) is 17.8. The molecule has 168 valence electrons. The van der Waals surface area contributed by atoms with Crippen LogP contribution in [0.1, 0.15) is 15.9 Å². The van der Waals surface area contributed by atoms with E-state index >= 15 is 0 Å². The highest BCUT2D eigenvalue weighted by molar-refractivity contribution is 5.97. The molecule has 5 rings (SSSR count). The maximum atomic E-state index is 14.8. The highest BCUT2D eigenvalue weighted by atomic mass is 19.1. The van der Waals surface area contributed by atoms with E-state index in [1.807, 2.05) is 0 Å². The summed E-state index contributed by atoms with van der Waals surface area (Å²) < 4.78 is 36.6. The summed E-state index contributed by atoms with van der Waals surface area (Å²) in [5.41, 5.74) is 0.937. The van der Waals surface area contributed by atoms with E-state index in [4.69, 9.17) is 4.74 Å². The zero-order valence-electron chi connectivity index (χ0n) is 17.7. The van der Waals surface area contributed by atoms with Crippen LogP contribution in [0.2, 0.25) is 0 Å². The normalized spacial score (nSPS) is 11.0. The highest BCUT2D eigenvalue weighted by Crippen LogP contribution is 2.28. The minimum atomic E-state index is -0.636. The number of ketones is 1. The molecule has 0 bridgehead atoms. The molecule has 34 heavy (non-hydrogen) atoms. The third kappa shape index (κ3) is 4.09. The molecule has 0 radical (unpaired) electrons. The molecule has 0 amide bonds. The van der Waals surface area contributed by atoms with E-state index < -0.39 is 23.0 Å². The van der Waals surface area contributed by atoms with Gasteiger partial charge in [0.2, 0.25) is 0 Å². The second kappa shape index (κ2) is 8.74. The number of carbonyl (C=O) groups is 1. The number of hydrogen-bond acceptors (Lipinski definition) is 4. The van der Waals surface area contributed by atoms with Gasteiger partial charge in [0.1, 0.15) is 11.3 Å². The molecule has 3 heterocycles. The molecule has 0 fully saturated rings. The number of hydrogen-bond donors (Lipinski definition) is 0. The highest BCUT2D eigenvalue weighted by Gasteiger charge is 2.16. The van der Waals surface area contributed by atoms with Crippen molar-refractivity contribution in [2.24, 2.45) is 0 Å². The smallest absolute Gasteiger partial charge is 0.265 e. The second-order valence-corrected chi connectivity index (χ2v) is 7.57. The van der Waals surface area contributed by atoms with E-state index in [0.29, 0.717) is 22.5 Å². The summed E-state index contributed by atoms with van der Waals surface area (Å²) in [6.45, 7) is 0. The minimum absolute atomic E-state index is 0.00359. The van der Waals surface area contributed by atoms with Crippen molar-refractivity contribution in [1.82, 2.24) is 14.2 Å². The summed E-state index contributed by atoms with van der Waals surface area (Å²) in [5, 5.41) is 4.12. The van der Waals surface area contributed by atoms with Gasteiger partial charge in [-0.1, -0.05) is 6.07 Å². The molecule has 0 saturated carbocycles. The van der Waals surface area contributed by atoms with Gasteiger partial charge in [0.25, 0.3) is 5.56 Å². The van der Waals surface area contributed by atoms with Crippen molar-refractivity contribution >= 4 is 11.3 Å². The van der Waals surface area contributed by atoms with Crippen molar-refractivity contribution in [2.45, 2.75) is 6.42 Å². The van der Waals surface area contributed by atoms with Crippen molar-refractivity contribution in [2.75, 3.05) is 0 Å². The van der Waals surface area contributed by atoms with Gasteiger partial charge in [-0.2, -0.15) is 5.10 Å². The molecular formula is C26H17F2N3O3. The Morgan fingerprint density at radius 2 is 1.71 bits per heavy atom. The van der Waals surface area contributed by atoms with Crippen molar-refractivity contribution < 1.29 is 18.3 Å². The van der Waals surface area contributed by atoms with Gasteiger partial charge in [0.15, 0.2) is 23.1 Å². The summed E-state index contributed by atoms with van der Waals surface area (Å²) in [4.78, 5) is 25.7. The maximum Gasteiger partial charge on any atom is 0.265 e. The van der Waals surface area contributed by atoms with E-state index in [-0.39, 0.29) is 17.7 Å². The van der Waals surface area contributed by atoms with Crippen LogP contribution in [0.4, 0.5) is 8.78 Å². The first kappa shape index (κ1) is 21.3. The zero-order valence-corrected chi connectivity index (χ0v) is 17.7. The SMILES string of the molecule is O=C(Cc1ccc(Oc2cccn3nccc23)c(F)c1)c1cccn(-c2ccc(F)cc2)c1=O. The molecule has 0 N–H and O–H groups in total. The fourth-order valence-electron chi connectivity index (χ4n) is 3.66. The van der Waals surface area contributed by atoms with Crippen LogP contribution in [-0.4, -0.2) is 20.0 Å². The fourth-order valence-corrected chi connectivity index (χ4v) is 3.66. The van der Waals surface area contributed by atoms with Crippen LogP contribution < -0.4 is 10.3 Å². The lowest BCUT2D eigenvalue weighted by molar-refractivity contribution is 0.0991. The molecule has 8 heteroatoms. The second-order valence-electron chi connectivity index (χ2n) is 7.57. The number of benzene rings is 2. The van der Waals surface area contributed by atoms with Crippen LogP contribution >= 0.6 is 0 Å². The van der Waals surface area contributed by atoms with E-state index in [2.05, 4.69) is 5.10 Å². The Labute approximate surface area is 192 Å². The average molecular weight is 457 g/mol. The van der Waals surface area contributed by atoms with Crippen molar-refractivity contribution in [3.8, 4) is 17.2 Å². The number of pyridine rings is 2. The van der Waals surface area contributed by atoms with Crippen molar-refractivity contribution in [3.05, 3.63) is 125 Å². The molecule has 6 nitrogen and oxygen atoms in total. The fraction of sp³-hybridized carbons (Fsp3) is 0.0385. The van der Waals surface area contributed by atoms with Gasteiger partial charge in [0.05, 0.1) is 11.8 Å². The molecule has 3 aromatic heterocycles. The Bertz CT molecular complexity index is 1570. The van der Waals surface area contributed by atoms with Gasteiger partial charge in [-0.3, -0.25) is 14.2 Å². The van der Waals surface area contributed by atoms with Crippen LogP contribution in [0.25, 0.3) is 11.2 Å². The lowest BCUT2D eigenvalue weighted by Crippen LogP contribution is -2.25. The van der Waals surface area contributed by atoms with Crippen LogP contribution in [0.15, 0.2) is 96.2 Å². The first-order chi connectivity index (χ1) is 16.5. The van der Waals surface area contributed by atoms with Crippen molar-refractivity contribution in [1.29, 1.82) is 0 Å². The predicted octanol–water partition coefficient (Wildman–Crippen LogP) is 4.98. The Balaban J connectivity index is 1.37. The molecule has 0 atom stereocenters. The summed E-state index contributed by atoms with van der Waals surface area (Å²) in [5.74, 6) is -1.08. The molecule has 0 aliphatic heterocycles. The lowest BCUT2D eigenvalue weighted by Gasteiger charge is -2.10. The van der Waals surface area contributed by atoms with Crippen molar-refractivity contribution in [3.63, 3.8) is 0 Å². The number of rotatable bonds is 6. The van der Waals surface area contributed by atoms with E-state index in [9.17, 15) is 18.4 Å². The molecule has 0 aliphatic rings. The number of halogens is 2. The van der Waals surface area contributed by atoms with Crippen LogP contribution in [-0.2, 0) is 6.42 Å². The lowest BCUT2D eigenvalue weighted by atomic mass is 10.0. The molecular weight excluding hydrogens is 440 g/mol. The summed E-state index contributed by atoms with van der Waals surface area (Å²) in [6.07, 6.45) is 4.69. The predicted molar refractivity (Wildman–Crippen MR) is 122 cm³/mol. The molecule has 0 saturated heterocycles. The van der Waals surface area contributed by atoms with Gasteiger partial charge in [0, 0.05) is 24.5 Å². The summed E-state index contributed by atoms with van der Waals surface area (Å²) in [7, 11) is 0. The number of carbonyl (C=O) groups excluding carboxylic acids is 1. The standard InChI is InChI=1S/C26H17F2N3O3/c27-18-6-8-19(9-7-18)30-13-1-3-20(26(30)33)23(32)16-17-5-10-24(21(28)15-17)34-25-4-2-14-31-22(25)11-12-29-31/h1-15H,16H2.